The van der Waals surface area contributed by atoms with Gasteiger partial charge in [-0.05, 0) is 26.0 Å². The monoisotopic (exact) mass is 254 g/mol. The van der Waals surface area contributed by atoms with Crippen molar-refractivity contribution in [2.24, 2.45) is 5.73 Å². The highest BCUT2D eigenvalue weighted by molar-refractivity contribution is 5.77. The van der Waals surface area contributed by atoms with Crippen molar-refractivity contribution >= 4 is 5.91 Å². The number of rotatable bonds is 6. The van der Waals surface area contributed by atoms with Crippen LogP contribution in [0, 0.1) is 5.82 Å². The molecule has 0 radical (unpaired) electrons. The summed E-state index contributed by atoms with van der Waals surface area (Å²) in [7, 11) is 0. The molecule has 0 heterocycles. The summed E-state index contributed by atoms with van der Waals surface area (Å²) < 4.78 is 18.8. The van der Waals surface area contributed by atoms with Crippen LogP contribution in [0.2, 0.25) is 0 Å². The highest BCUT2D eigenvalue weighted by Gasteiger charge is 2.13. The molecule has 2 N–H and O–H groups in total. The molecule has 0 aliphatic heterocycles. The number of hydrogen-bond donors (Lipinski definition) is 1. The maximum Gasteiger partial charge on any atom is 0.260 e. The fourth-order valence-corrected chi connectivity index (χ4v) is 1.68. The Bertz CT molecular complexity index is 406. The summed E-state index contributed by atoms with van der Waals surface area (Å²) in [6.07, 6.45) is 0. The van der Waals surface area contributed by atoms with Crippen LogP contribution in [-0.4, -0.2) is 30.5 Å². The standard InChI is InChI=1S/C13H19FN2O2/c1-3-16(4-2)13(17)9-18-12-7-5-6-11(14)10(12)8-15/h5-7H,3-4,8-9,15H2,1-2H3. The molecule has 1 rings (SSSR count). The van der Waals surface area contributed by atoms with E-state index >= 15 is 0 Å². The van der Waals surface area contributed by atoms with E-state index in [2.05, 4.69) is 0 Å². The van der Waals surface area contributed by atoms with Gasteiger partial charge in [0.15, 0.2) is 6.61 Å². The zero-order valence-electron chi connectivity index (χ0n) is 10.8. The van der Waals surface area contributed by atoms with Gasteiger partial charge in [0.2, 0.25) is 0 Å². The molecule has 0 aliphatic carbocycles. The molecule has 1 aromatic rings. The van der Waals surface area contributed by atoms with Crippen LogP contribution in [0.5, 0.6) is 5.75 Å². The van der Waals surface area contributed by atoms with Gasteiger partial charge in [-0.25, -0.2) is 4.39 Å². The topological polar surface area (TPSA) is 55.6 Å². The summed E-state index contributed by atoms with van der Waals surface area (Å²) in [5, 5.41) is 0. The third-order valence-corrected chi connectivity index (χ3v) is 2.75. The van der Waals surface area contributed by atoms with Gasteiger partial charge in [-0.2, -0.15) is 0 Å². The van der Waals surface area contributed by atoms with Crippen molar-refractivity contribution in [1.29, 1.82) is 0 Å². The van der Waals surface area contributed by atoms with Gasteiger partial charge in [0.25, 0.3) is 5.91 Å². The van der Waals surface area contributed by atoms with Crippen molar-refractivity contribution in [1.82, 2.24) is 4.90 Å². The number of amides is 1. The fourth-order valence-electron chi connectivity index (χ4n) is 1.68. The molecule has 0 spiro atoms. The van der Waals surface area contributed by atoms with Gasteiger partial charge in [0, 0.05) is 25.2 Å². The Morgan fingerprint density at radius 1 is 1.39 bits per heavy atom. The highest BCUT2D eigenvalue weighted by atomic mass is 19.1. The molecule has 0 unspecified atom stereocenters. The number of carbonyl (C=O) groups is 1. The van der Waals surface area contributed by atoms with Crippen molar-refractivity contribution in [2.45, 2.75) is 20.4 Å². The predicted molar refractivity (Wildman–Crippen MR) is 67.7 cm³/mol. The zero-order valence-corrected chi connectivity index (χ0v) is 10.8. The third-order valence-electron chi connectivity index (χ3n) is 2.75. The van der Waals surface area contributed by atoms with Crippen LogP contribution >= 0.6 is 0 Å². The minimum Gasteiger partial charge on any atom is -0.483 e. The summed E-state index contributed by atoms with van der Waals surface area (Å²) in [5.41, 5.74) is 5.75. The Morgan fingerprint density at radius 3 is 2.61 bits per heavy atom. The van der Waals surface area contributed by atoms with Crippen molar-refractivity contribution < 1.29 is 13.9 Å². The first-order chi connectivity index (χ1) is 8.63. The molecule has 0 saturated carbocycles. The van der Waals surface area contributed by atoms with Crippen LogP contribution in [0.4, 0.5) is 4.39 Å². The van der Waals surface area contributed by atoms with Gasteiger partial charge in [-0.1, -0.05) is 6.07 Å². The highest BCUT2D eigenvalue weighted by Crippen LogP contribution is 2.20. The molecule has 4 nitrogen and oxygen atoms in total. The molecule has 0 fully saturated rings. The smallest absolute Gasteiger partial charge is 0.260 e. The van der Waals surface area contributed by atoms with E-state index in [1.807, 2.05) is 13.8 Å². The maximum absolute atomic E-state index is 13.4. The number of hydrogen-bond acceptors (Lipinski definition) is 3. The molecule has 1 aromatic carbocycles. The van der Waals surface area contributed by atoms with E-state index in [9.17, 15) is 9.18 Å². The first-order valence-electron chi connectivity index (χ1n) is 6.02. The lowest BCUT2D eigenvalue weighted by Crippen LogP contribution is -2.34. The second kappa shape index (κ2) is 6.96. The number of benzene rings is 1. The zero-order chi connectivity index (χ0) is 13.5. The van der Waals surface area contributed by atoms with Crippen LogP contribution in [0.15, 0.2) is 18.2 Å². The second-order valence-corrected chi connectivity index (χ2v) is 3.78. The minimum absolute atomic E-state index is 0.0431. The Balaban J connectivity index is 2.69. The van der Waals surface area contributed by atoms with Crippen LogP contribution in [0.1, 0.15) is 19.4 Å². The molecule has 1 amide bonds. The normalized spacial score (nSPS) is 10.2. The molecule has 0 aromatic heterocycles. The van der Waals surface area contributed by atoms with Gasteiger partial charge in [-0.3, -0.25) is 4.79 Å². The number of halogens is 1. The van der Waals surface area contributed by atoms with E-state index in [0.717, 1.165) is 0 Å². The lowest BCUT2D eigenvalue weighted by molar-refractivity contribution is -0.132. The van der Waals surface area contributed by atoms with Crippen LogP contribution in [-0.2, 0) is 11.3 Å². The Morgan fingerprint density at radius 2 is 2.06 bits per heavy atom. The summed E-state index contributed by atoms with van der Waals surface area (Å²) in [6, 6.07) is 4.47. The number of likely N-dealkylation sites (N-methyl/N-ethyl adjacent to an activating group) is 1. The van der Waals surface area contributed by atoms with E-state index in [-0.39, 0.29) is 19.1 Å². The first kappa shape index (κ1) is 14.4. The fraction of sp³-hybridized carbons (Fsp3) is 0.462. The molecule has 100 valence electrons. The van der Waals surface area contributed by atoms with Crippen molar-refractivity contribution in [2.75, 3.05) is 19.7 Å². The van der Waals surface area contributed by atoms with Crippen LogP contribution < -0.4 is 10.5 Å². The van der Waals surface area contributed by atoms with Gasteiger partial charge in [0.1, 0.15) is 11.6 Å². The number of carbonyl (C=O) groups excluding carboxylic acids is 1. The van der Waals surface area contributed by atoms with Gasteiger partial charge >= 0.3 is 0 Å². The Hall–Kier alpha value is -1.62. The molecule has 0 atom stereocenters. The lowest BCUT2D eigenvalue weighted by Gasteiger charge is -2.19. The summed E-state index contributed by atoms with van der Waals surface area (Å²) in [5.74, 6) is -0.199. The molecule has 0 aliphatic rings. The quantitative estimate of drug-likeness (QED) is 0.837. The summed E-state index contributed by atoms with van der Waals surface area (Å²) in [6.45, 7) is 5.00. The lowest BCUT2D eigenvalue weighted by atomic mass is 10.2. The molecular formula is C13H19FN2O2. The average Bonchev–Trinajstić information content (AvgIpc) is 2.37. The Labute approximate surface area is 107 Å². The van der Waals surface area contributed by atoms with E-state index in [0.29, 0.717) is 24.4 Å². The minimum atomic E-state index is -0.412. The van der Waals surface area contributed by atoms with Crippen molar-refractivity contribution in [3.05, 3.63) is 29.6 Å². The number of nitrogens with zero attached hydrogens (tertiary/aromatic N) is 1. The number of ether oxygens (including phenoxy) is 1. The first-order valence-corrected chi connectivity index (χ1v) is 6.02. The second-order valence-electron chi connectivity index (χ2n) is 3.78. The van der Waals surface area contributed by atoms with E-state index in [4.69, 9.17) is 10.5 Å². The number of nitrogens with two attached hydrogens (primary N) is 1. The van der Waals surface area contributed by atoms with E-state index in [1.165, 1.54) is 12.1 Å². The maximum atomic E-state index is 13.4. The van der Waals surface area contributed by atoms with Gasteiger partial charge in [0.05, 0.1) is 0 Å². The molecule has 5 heteroatoms. The molecular weight excluding hydrogens is 235 g/mol. The molecule has 0 saturated heterocycles. The van der Waals surface area contributed by atoms with Crippen molar-refractivity contribution in [3.63, 3.8) is 0 Å². The molecule has 0 bridgehead atoms. The van der Waals surface area contributed by atoms with Crippen molar-refractivity contribution in [3.8, 4) is 5.75 Å². The largest absolute Gasteiger partial charge is 0.483 e. The van der Waals surface area contributed by atoms with E-state index < -0.39 is 5.82 Å². The Kier molecular flexibility index (Phi) is 5.58. The summed E-state index contributed by atoms with van der Waals surface area (Å²) in [4.78, 5) is 13.4. The van der Waals surface area contributed by atoms with E-state index in [1.54, 1.807) is 11.0 Å². The van der Waals surface area contributed by atoms with Gasteiger partial charge < -0.3 is 15.4 Å². The van der Waals surface area contributed by atoms with Gasteiger partial charge in [-0.15, -0.1) is 0 Å². The molecule has 18 heavy (non-hydrogen) atoms. The SMILES string of the molecule is CCN(CC)C(=O)COc1cccc(F)c1CN. The average molecular weight is 254 g/mol. The third kappa shape index (κ3) is 3.43. The predicted octanol–water partition coefficient (Wildman–Crippen LogP) is 1.53. The summed E-state index contributed by atoms with van der Waals surface area (Å²) >= 11 is 0. The van der Waals surface area contributed by atoms with Crippen LogP contribution in [0.3, 0.4) is 0 Å². The van der Waals surface area contributed by atoms with Crippen LogP contribution in [0.25, 0.3) is 0 Å².